The Morgan fingerprint density at radius 3 is 1.89 bits per heavy atom. The van der Waals surface area contributed by atoms with Crippen molar-refractivity contribution in [1.82, 2.24) is 5.32 Å². The van der Waals surface area contributed by atoms with Crippen molar-refractivity contribution >= 4 is 29.4 Å². The summed E-state index contributed by atoms with van der Waals surface area (Å²) in [7, 11) is 0. The number of nitrogens with zero attached hydrogens (tertiary/aromatic N) is 2. The van der Waals surface area contributed by atoms with E-state index in [0.29, 0.717) is 11.3 Å². The molecule has 0 saturated heterocycles. The van der Waals surface area contributed by atoms with Crippen LogP contribution in [0.4, 0.5) is 10.5 Å². The molecule has 10 heteroatoms. The van der Waals surface area contributed by atoms with E-state index in [2.05, 4.69) is 5.32 Å². The Kier molecular flexibility index (Phi) is 7.93. The number of non-ortho nitro benzene ring substituents is 1. The number of amides is 2. The summed E-state index contributed by atoms with van der Waals surface area (Å²) < 4.78 is 10.6. The maximum Gasteiger partial charge on any atom is 0.426 e. The van der Waals surface area contributed by atoms with Crippen LogP contribution in [0.15, 0.2) is 85.1 Å². The molecule has 1 heterocycles. The zero-order valence-corrected chi connectivity index (χ0v) is 20.7. The lowest BCUT2D eigenvalue weighted by Gasteiger charge is -2.27. The number of urea groups is 1. The maximum absolute atomic E-state index is 13.2. The van der Waals surface area contributed by atoms with Crippen LogP contribution in [-0.2, 0) is 9.47 Å². The molecular weight excluding hydrogens is 490 g/mol. The number of quaternary nitrogens is 1. The molecule has 38 heavy (non-hydrogen) atoms. The number of carbonyl (C=O) groups is 3. The zero-order valence-electron chi connectivity index (χ0n) is 20.7. The van der Waals surface area contributed by atoms with Crippen molar-refractivity contribution in [3.05, 3.63) is 117 Å². The number of nitrogens with one attached hydrogen (secondary N) is 1. The van der Waals surface area contributed by atoms with E-state index in [-0.39, 0.29) is 48.1 Å². The van der Waals surface area contributed by atoms with Gasteiger partial charge in [0, 0.05) is 17.7 Å². The topological polar surface area (TPSA) is 125 Å². The van der Waals surface area contributed by atoms with E-state index < -0.39 is 16.9 Å². The molecule has 0 fully saturated rings. The van der Waals surface area contributed by atoms with Gasteiger partial charge >= 0.3 is 18.0 Å². The van der Waals surface area contributed by atoms with Crippen LogP contribution in [0.25, 0.3) is 5.70 Å². The van der Waals surface area contributed by atoms with Gasteiger partial charge in [0.25, 0.3) is 5.69 Å². The quantitative estimate of drug-likeness (QED) is 0.183. The molecule has 0 aliphatic carbocycles. The second-order valence-corrected chi connectivity index (χ2v) is 8.76. The summed E-state index contributed by atoms with van der Waals surface area (Å²) in [6.45, 7) is 1.96. The number of esters is 2. The van der Waals surface area contributed by atoms with Gasteiger partial charge in [-0.2, -0.15) is 0 Å². The lowest BCUT2D eigenvalue weighted by atomic mass is 10.1. The van der Waals surface area contributed by atoms with Gasteiger partial charge in [-0.3, -0.25) is 15.4 Å². The monoisotopic (exact) mass is 516 g/mol. The fraction of sp³-hybridized carbons (Fsp3) is 0.179. The molecule has 1 atom stereocenters. The molecule has 4 rings (SSSR count). The van der Waals surface area contributed by atoms with Crippen LogP contribution in [-0.4, -0.2) is 53.7 Å². The Balaban J connectivity index is 1.45. The number of benzene rings is 3. The molecule has 0 aromatic heterocycles. The van der Waals surface area contributed by atoms with Gasteiger partial charge < -0.3 is 9.47 Å². The Morgan fingerprint density at radius 1 is 0.842 bits per heavy atom. The maximum atomic E-state index is 13.2. The van der Waals surface area contributed by atoms with Gasteiger partial charge in [-0.1, -0.05) is 48.0 Å². The van der Waals surface area contributed by atoms with E-state index >= 15 is 0 Å². The molecule has 3 aromatic carbocycles. The summed E-state index contributed by atoms with van der Waals surface area (Å²) in [5.41, 5.74) is 2.84. The van der Waals surface area contributed by atoms with Gasteiger partial charge in [0.1, 0.15) is 38.2 Å². The Hall–Kier alpha value is -4.83. The van der Waals surface area contributed by atoms with Crippen LogP contribution in [0, 0.1) is 17.0 Å². The van der Waals surface area contributed by atoms with Crippen LogP contribution in [0.2, 0.25) is 0 Å². The number of hydrogen-bond donors (Lipinski definition) is 1. The van der Waals surface area contributed by atoms with Crippen molar-refractivity contribution in [3.63, 3.8) is 0 Å². The van der Waals surface area contributed by atoms with Crippen molar-refractivity contribution in [1.29, 1.82) is 0 Å². The molecule has 1 aliphatic heterocycles. The van der Waals surface area contributed by atoms with Crippen LogP contribution < -0.4 is 5.32 Å². The molecule has 1 unspecified atom stereocenters. The molecular formula is C28H26N3O7+. The summed E-state index contributed by atoms with van der Waals surface area (Å²) in [6.07, 6.45) is 1.73. The molecule has 0 radical (unpaired) electrons. The number of ether oxygens (including phenoxy) is 2. The predicted octanol–water partition coefficient (Wildman–Crippen LogP) is 4.46. The van der Waals surface area contributed by atoms with Crippen molar-refractivity contribution in [3.8, 4) is 0 Å². The SMILES string of the molecule is Cc1ccc(C(=O)OCC[N+]2(CCOC(=O)c3ccc([N+](=O)[O-])cc3)C=C(c3ccccc3)NC2=O)cc1. The Bertz CT molecular complexity index is 1370. The van der Waals surface area contributed by atoms with E-state index in [0.717, 1.165) is 11.1 Å². The van der Waals surface area contributed by atoms with E-state index in [1.165, 1.54) is 24.3 Å². The molecule has 1 N–H and O–H groups in total. The molecule has 194 valence electrons. The summed E-state index contributed by atoms with van der Waals surface area (Å²) in [5.74, 6) is -1.17. The number of nitro groups is 1. The van der Waals surface area contributed by atoms with Gasteiger partial charge in [0.2, 0.25) is 0 Å². The van der Waals surface area contributed by atoms with Gasteiger partial charge in [0.15, 0.2) is 0 Å². The average Bonchev–Trinajstić information content (AvgIpc) is 3.25. The number of hydrogen-bond acceptors (Lipinski definition) is 7. The minimum absolute atomic E-state index is 0.0466. The highest BCUT2D eigenvalue weighted by Crippen LogP contribution is 2.25. The Labute approximate surface area is 218 Å². The minimum atomic E-state index is -0.671. The third kappa shape index (κ3) is 6.11. The fourth-order valence-electron chi connectivity index (χ4n) is 3.95. The van der Waals surface area contributed by atoms with Gasteiger partial charge in [0.05, 0.1) is 16.1 Å². The second kappa shape index (κ2) is 11.5. The van der Waals surface area contributed by atoms with Gasteiger partial charge in [-0.25, -0.2) is 18.9 Å². The lowest BCUT2D eigenvalue weighted by molar-refractivity contribution is -0.794. The first-order chi connectivity index (χ1) is 18.3. The molecule has 0 saturated carbocycles. The third-order valence-corrected chi connectivity index (χ3v) is 6.16. The minimum Gasteiger partial charge on any atom is -0.456 e. The van der Waals surface area contributed by atoms with E-state index in [9.17, 15) is 24.5 Å². The van der Waals surface area contributed by atoms with E-state index in [4.69, 9.17) is 9.47 Å². The van der Waals surface area contributed by atoms with E-state index in [1.54, 1.807) is 18.3 Å². The smallest absolute Gasteiger partial charge is 0.426 e. The van der Waals surface area contributed by atoms with Crippen LogP contribution in [0.5, 0.6) is 0 Å². The highest BCUT2D eigenvalue weighted by molar-refractivity contribution is 5.90. The van der Waals surface area contributed by atoms with Crippen LogP contribution >= 0.6 is 0 Å². The van der Waals surface area contributed by atoms with Crippen molar-refractivity contribution in [2.45, 2.75) is 6.92 Å². The van der Waals surface area contributed by atoms with Crippen molar-refractivity contribution in [2.24, 2.45) is 0 Å². The zero-order chi connectivity index (χ0) is 27.1. The highest BCUT2D eigenvalue weighted by atomic mass is 16.6. The predicted molar refractivity (Wildman–Crippen MR) is 138 cm³/mol. The van der Waals surface area contributed by atoms with Crippen LogP contribution in [0.3, 0.4) is 0 Å². The molecule has 2 amide bonds. The number of rotatable bonds is 10. The molecule has 10 nitrogen and oxygen atoms in total. The van der Waals surface area contributed by atoms with Crippen molar-refractivity contribution < 1.29 is 33.3 Å². The van der Waals surface area contributed by atoms with Gasteiger partial charge in [-0.05, 0) is 31.2 Å². The summed E-state index contributed by atoms with van der Waals surface area (Å²) in [5, 5.41) is 13.7. The first-order valence-electron chi connectivity index (χ1n) is 11.9. The number of nitro benzene ring substituents is 1. The van der Waals surface area contributed by atoms with Crippen molar-refractivity contribution in [2.75, 3.05) is 26.3 Å². The Morgan fingerprint density at radius 2 is 1.37 bits per heavy atom. The van der Waals surface area contributed by atoms with Gasteiger partial charge in [-0.15, -0.1) is 0 Å². The number of carbonyl (C=O) groups excluding carboxylic acids is 3. The van der Waals surface area contributed by atoms with Crippen LogP contribution in [0.1, 0.15) is 31.8 Å². The third-order valence-electron chi connectivity index (χ3n) is 6.16. The first kappa shape index (κ1) is 26.2. The second-order valence-electron chi connectivity index (χ2n) is 8.76. The molecule has 0 bridgehead atoms. The summed E-state index contributed by atoms with van der Waals surface area (Å²) in [4.78, 5) is 48.4. The number of aryl methyl sites for hydroxylation is 1. The summed E-state index contributed by atoms with van der Waals surface area (Å²) >= 11 is 0. The van der Waals surface area contributed by atoms with E-state index in [1.807, 2.05) is 49.4 Å². The standard InChI is InChI=1S/C28H25N3O7/c1-20-7-9-22(10-8-20)26(32)37-17-15-31(19-25(29-28(31)34)21-5-3-2-4-6-21)16-18-38-27(33)23-11-13-24(14-12-23)30(35)36/h2-14,19H,15-18H2,1H3/p+1. The average molecular weight is 517 g/mol. The first-order valence-corrected chi connectivity index (χ1v) is 11.9. The molecule has 3 aromatic rings. The highest BCUT2D eigenvalue weighted by Gasteiger charge is 2.42. The summed E-state index contributed by atoms with van der Waals surface area (Å²) in [6, 6.07) is 21.0. The largest absolute Gasteiger partial charge is 0.456 e. The normalized spacial score (nSPS) is 16.3. The fourth-order valence-corrected chi connectivity index (χ4v) is 3.95. The lowest BCUT2D eigenvalue weighted by Crippen LogP contribution is -2.52. The molecule has 1 aliphatic rings. The molecule has 0 spiro atoms.